The number of carbonyl (C=O) groups is 4. The number of nitrogens with zero attached hydrogens (tertiary/aromatic N) is 2. The SMILES string of the molecule is CN(Cc1cccs1)C(=O)COC(=O)c1ccc2c(c1)C(=O)N(c1ccc(Cl)cc1)C2=O. The number of anilines is 1. The Morgan fingerprint density at radius 1 is 1.03 bits per heavy atom. The van der Waals surface area contributed by atoms with Gasteiger partial charge in [-0.3, -0.25) is 14.4 Å². The summed E-state index contributed by atoms with van der Waals surface area (Å²) < 4.78 is 5.13. The van der Waals surface area contributed by atoms with E-state index in [1.54, 1.807) is 31.3 Å². The van der Waals surface area contributed by atoms with Gasteiger partial charge in [-0.15, -0.1) is 11.3 Å². The molecule has 0 N–H and O–H groups in total. The van der Waals surface area contributed by atoms with Crippen LogP contribution >= 0.6 is 22.9 Å². The molecule has 1 aliphatic rings. The standard InChI is InChI=1S/C23H17ClN2O5S/c1-25(12-17-3-2-10-32-17)20(27)13-31-23(30)14-4-9-18-19(11-14)22(29)26(21(18)28)16-7-5-15(24)6-8-16/h2-11H,12-13H2,1H3. The van der Waals surface area contributed by atoms with Crippen LogP contribution in [-0.4, -0.2) is 42.2 Å². The van der Waals surface area contributed by atoms with Crippen LogP contribution < -0.4 is 4.90 Å². The highest BCUT2D eigenvalue weighted by Crippen LogP contribution is 2.30. The lowest BCUT2D eigenvalue weighted by Gasteiger charge is -2.16. The summed E-state index contributed by atoms with van der Waals surface area (Å²) >= 11 is 7.41. The molecule has 0 radical (unpaired) electrons. The number of thiophene rings is 1. The number of imide groups is 1. The van der Waals surface area contributed by atoms with Crippen molar-refractivity contribution in [1.29, 1.82) is 0 Å². The van der Waals surface area contributed by atoms with Crippen LogP contribution in [0.25, 0.3) is 0 Å². The van der Waals surface area contributed by atoms with Gasteiger partial charge in [-0.25, -0.2) is 9.69 Å². The van der Waals surface area contributed by atoms with Gasteiger partial charge in [0, 0.05) is 16.9 Å². The molecule has 1 aromatic heterocycles. The first-order chi connectivity index (χ1) is 15.3. The van der Waals surface area contributed by atoms with Gasteiger partial charge in [0.05, 0.1) is 28.9 Å². The highest BCUT2D eigenvalue weighted by Gasteiger charge is 2.37. The van der Waals surface area contributed by atoms with E-state index in [0.29, 0.717) is 17.3 Å². The van der Waals surface area contributed by atoms with Crippen molar-refractivity contribution in [2.75, 3.05) is 18.6 Å². The molecule has 3 amide bonds. The Kier molecular flexibility index (Phi) is 6.07. The molecule has 0 unspecified atom stereocenters. The Balaban J connectivity index is 1.44. The van der Waals surface area contributed by atoms with E-state index in [4.69, 9.17) is 16.3 Å². The molecule has 7 nitrogen and oxygen atoms in total. The molecule has 2 aromatic carbocycles. The molecule has 2 heterocycles. The minimum absolute atomic E-state index is 0.0802. The van der Waals surface area contributed by atoms with E-state index in [1.807, 2.05) is 17.5 Å². The summed E-state index contributed by atoms with van der Waals surface area (Å²) in [5.74, 6) is -2.14. The van der Waals surface area contributed by atoms with Crippen molar-refractivity contribution in [2.24, 2.45) is 0 Å². The van der Waals surface area contributed by atoms with Gasteiger partial charge in [0.1, 0.15) is 0 Å². The predicted molar refractivity (Wildman–Crippen MR) is 120 cm³/mol. The molecule has 32 heavy (non-hydrogen) atoms. The Hall–Kier alpha value is -3.49. The summed E-state index contributed by atoms with van der Waals surface area (Å²) in [4.78, 5) is 53.7. The smallest absolute Gasteiger partial charge is 0.338 e. The number of rotatable bonds is 6. The highest BCUT2D eigenvalue weighted by atomic mass is 35.5. The molecule has 0 atom stereocenters. The molecule has 0 bridgehead atoms. The number of halogens is 1. The number of ether oxygens (including phenoxy) is 1. The fourth-order valence-electron chi connectivity index (χ4n) is 3.24. The third-order valence-electron chi connectivity index (χ3n) is 4.93. The van der Waals surface area contributed by atoms with Crippen LogP contribution in [-0.2, 0) is 16.1 Å². The summed E-state index contributed by atoms with van der Waals surface area (Å²) in [7, 11) is 1.63. The summed E-state index contributed by atoms with van der Waals surface area (Å²) in [6, 6.07) is 14.2. The first-order valence-corrected chi connectivity index (χ1v) is 10.8. The lowest BCUT2D eigenvalue weighted by atomic mass is 10.1. The van der Waals surface area contributed by atoms with Crippen LogP contribution in [0.3, 0.4) is 0 Å². The number of hydrogen-bond acceptors (Lipinski definition) is 6. The number of esters is 1. The van der Waals surface area contributed by atoms with E-state index in [1.165, 1.54) is 34.4 Å². The number of benzene rings is 2. The third-order valence-corrected chi connectivity index (χ3v) is 6.05. The molecular formula is C23H17ClN2O5S. The summed E-state index contributed by atoms with van der Waals surface area (Å²) in [5.41, 5.74) is 0.745. The maximum Gasteiger partial charge on any atom is 0.338 e. The molecule has 0 saturated heterocycles. The zero-order valence-corrected chi connectivity index (χ0v) is 18.5. The Morgan fingerprint density at radius 3 is 2.44 bits per heavy atom. The van der Waals surface area contributed by atoms with E-state index in [2.05, 4.69) is 0 Å². The zero-order valence-electron chi connectivity index (χ0n) is 16.9. The van der Waals surface area contributed by atoms with Crippen molar-refractivity contribution in [1.82, 2.24) is 4.90 Å². The third kappa shape index (κ3) is 4.28. The summed E-state index contributed by atoms with van der Waals surface area (Å²) in [6.07, 6.45) is 0. The van der Waals surface area contributed by atoms with E-state index in [-0.39, 0.29) is 22.6 Å². The first kappa shape index (κ1) is 21.7. The van der Waals surface area contributed by atoms with Gasteiger partial charge in [0.15, 0.2) is 6.61 Å². The van der Waals surface area contributed by atoms with E-state index in [9.17, 15) is 19.2 Å². The Bertz CT molecular complexity index is 1210. The molecule has 0 fully saturated rings. The second kappa shape index (κ2) is 8.94. The summed E-state index contributed by atoms with van der Waals surface area (Å²) in [5, 5.41) is 2.40. The molecule has 4 rings (SSSR count). The van der Waals surface area contributed by atoms with Crippen molar-refractivity contribution in [3.8, 4) is 0 Å². The molecule has 1 aliphatic heterocycles. The second-order valence-corrected chi connectivity index (χ2v) is 8.56. The van der Waals surface area contributed by atoms with Crippen molar-refractivity contribution in [2.45, 2.75) is 6.54 Å². The molecular weight excluding hydrogens is 452 g/mol. The Morgan fingerprint density at radius 2 is 1.75 bits per heavy atom. The molecule has 162 valence electrons. The maximum absolute atomic E-state index is 12.8. The Labute approximate surface area is 192 Å². The number of likely N-dealkylation sites (N-methyl/N-ethyl adjacent to an activating group) is 1. The van der Waals surface area contributed by atoms with Gasteiger partial charge in [-0.1, -0.05) is 17.7 Å². The molecule has 0 aliphatic carbocycles. The predicted octanol–water partition coefficient (Wildman–Crippen LogP) is 4.02. The van der Waals surface area contributed by atoms with Gasteiger partial charge in [-0.05, 0) is 53.9 Å². The topological polar surface area (TPSA) is 84.0 Å². The van der Waals surface area contributed by atoms with Crippen LogP contribution in [0, 0.1) is 0 Å². The lowest BCUT2D eigenvalue weighted by Crippen LogP contribution is -2.30. The maximum atomic E-state index is 12.8. The van der Waals surface area contributed by atoms with Crippen LogP contribution in [0.15, 0.2) is 60.0 Å². The van der Waals surface area contributed by atoms with Crippen molar-refractivity contribution < 1.29 is 23.9 Å². The minimum Gasteiger partial charge on any atom is -0.452 e. The molecule has 0 spiro atoms. The van der Waals surface area contributed by atoms with Gasteiger partial charge in [0.2, 0.25) is 0 Å². The highest BCUT2D eigenvalue weighted by molar-refractivity contribution is 7.09. The minimum atomic E-state index is -0.754. The molecule has 0 saturated carbocycles. The van der Waals surface area contributed by atoms with Gasteiger partial charge < -0.3 is 9.64 Å². The zero-order chi connectivity index (χ0) is 22.8. The number of carbonyl (C=O) groups excluding carboxylic acids is 4. The van der Waals surface area contributed by atoms with Crippen LogP contribution in [0.2, 0.25) is 5.02 Å². The van der Waals surface area contributed by atoms with Gasteiger partial charge in [0.25, 0.3) is 17.7 Å². The van der Waals surface area contributed by atoms with E-state index >= 15 is 0 Å². The van der Waals surface area contributed by atoms with Crippen LogP contribution in [0.4, 0.5) is 5.69 Å². The van der Waals surface area contributed by atoms with Gasteiger partial charge in [-0.2, -0.15) is 0 Å². The first-order valence-electron chi connectivity index (χ1n) is 9.57. The quantitative estimate of drug-likeness (QED) is 0.403. The average molecular weight is 469 g/mol. The van der Waals surface area contributed by atoms with Gasteiger partial charge >= 0.3 is 5.97 Å². The monoisotopic (exact) mass is 468 g/mol. The normalized spacial score (nSPS) is 12.6. The number of hydrogen-bond donors (Lipinski definition) is 0. The van der Waals surface area contributed by atoms with Crippen LogP contribution in [0.1, 0.15) is 36.0 Å². The van der Waals surface area contributed by atoms with Crippen LogP contribution in [0.5, 0.6) is 0 Å². The molecule has 9 heteroatoms. The van der Waals surface area contributed by atoms with E-state index in [0.717, 1.165) is 9.78 Å². The fourth-order valence-corrected chi connectivity index (χ4v) is 4.12. The molecule has 3 aromatic rings. The summed E-state index contributed by atoms with van der Waals surface area (Å²) in [6.45, 7) is -0.00832. The van der Waals surface area contributed by atoms with Crippen molar-refractivity contribution in [3.63, 3.8) is 0 Å². The largest absolute Gasteiger partial charge is 0.452 e. The lowest BCUT2D eigenvalue weighted by molar-refractivity contribution is -0.133. The number of fused-ring (bicyclic) bond motifs is 1. The van der Waals surface area contributed by atoms with E-state index < -0.39 is 24.4 Å². The van der Waals surface area contributed by atoms with Crippen molar-refractivity contribution in [3.05, 3.63) is 86.6 Å². The second-order valence-electron chi connectivity index (χ2n) is 7.09. The van der Waals surface area contributed by atoms with Crippen molar-refractivity contribution >= 4 is 52.3 Å². The fraction of sp³-hybridized carbons (Fsp3) is 0.130. The number of amides is 3. The average Bonchev–Trinajstić information content (AvgIpc) is 3.38.